The van der Waals surface area contributed by atoms with Crippen LogP contribution in [0.15, 0.2) is 0 Å². The van der Waals surface area contributed by atoms with Crippen LogP contribution in [0.25, 0.3) is 0 Å². The number of carbonyl (C=O) groups is 2. The summed E-state index contributed by atoms with van der Waals surface area (Å²) in [6, 6.07) is 0. The molecule has 0 spiro atoms. The van der Waals surface area contributed by atoms with Crippen molar-refractivity contribution in [2.45, 2.75) is 32.1 Å². The van der Waals surface area contributed by atoms with Crippen molar-refractivity contribution in [1.29, 1.82) is 0 Å². The highest BCUT2D eigenvalue weighted by Gasteiger charge is 2.27. The Morgan fingerprint density at radius 1 is 1.08 bits per heavy atom. The zero-order valence-corrected chi connectivity index (χ0v) is 7.79. The fraction of sp³-hybridized carbons (Fsp3) is 0.778. The molecule has 1 rings (SSSR count). The van der Waals surface area contributed by atoms with Gasteiger partial charge in [-0.2, -0.15) is 0 Å². The quantitative estimate of drug-likeness (QED) is 0.492. The van der Waals surface area contributed by atoms with Crippen molar-refractivity contribution < 1.29 is 9.59 Å². The highest BCUT2D eigenvalue weighted by atomic mass is 16.2. The number of likely N-dealkylation sites (tertiary alicyclic amines) is 1. The number of nitrogens with two attached hydrogens (primary N) is 1. The van der Waals surface area contributed by atoms with Gasteiger partial charge in [0, 0.05) is 19.4 Å². The zero-order valence-electron chi connectivity index (χ0n) is 7.79. The first-order valence-corrected chi connectivity index (χ1v) is 4.79. The van der Waals surface area contributed by atoms with Gasteiger partial charge in [-0.05, 0) is 19.4 Å². The molecule has 1 aliphatic rings. The summed E-state index contributed by atoms with van der Waals surface area (Å²) in [5.41, 5.74) is 5.33. The van der Waals surface area contributed by atoms with Crippen molar-refractivity contribution in [3.63, 3.8) is 0 Å². The lowest BCUT2D eigenvalue weighted by molar-refractivity contribution is -0.138. The van der Waals surface area contributed by atoms with Crippen LogP contribution in [-0.4, -0.2) is 29.8 Å². The van der Waals surface area contributed by atoms with Crippen LogP contribution >= 0.6 is 0 Å². The number of unbranched alkanes of at least 4 members (excludes halogenated alkanes) is 2. The SMILES string of the molecule is NCCCCCN1C(=O)CCC1=O. The minimum Gasteiger partial charge on any atom is -0.330 e. The number of hydrogen-bond acceptors (Lipinski definition) is 3. The monoisotopic (exact) mass is 184 g/mol. The van der Waals surface area contributed by atoms with E-state index >= 15 is 0 Å². The summed E-state index contributed by atoms with van der Waals surface area (Å²) in [6.45, 7) is 1.26. The van der Waals surface area contributed by atoms with Gasteiger partial charge in [-0.15, -0.1) is 0 Å². The maximum absolute atomic E-state index is 11.1. The van der Waals surface area contributed by atoms with Crippen molar-refractivity contribution in [2.75, 3.05) is 13.1 Å². The van der Waals surface area contributed by atoms with Crippen LogP contribution in [-0.2, 0) is 9.59 Å². The van der Waals surface area contributed by atoms with Crippen molar-refractivity contribution in [3.8, 4) is 0 Å². The highest BCUT2D eigenvalue weighted by Crippen LogP contribution is 2.12. The summed E-state index contributed by atoms with van der Waals surface area (Å²) in [7, 11) is 0. The van der Waals surface area contributed by atoms with E-state index in [1.807, 2.05) is 0 Å². The molecular weight excluding hydrogens is 168 g/mol. The molecule has 74 valence electrons. The zero-order chi connectivity index (χ0) is 9.68. The maximum Gasteiger partial charge on any atom is 0.229 e. The molecule has 1 fully saturated rings. The topological polar surface area (TPSA) is 63.4 Å². The molecule has 4 nitrogen and oxygen atoms in total. The molecule has 13 heavy (non-hydrogen) atoms. The van der Waals surface area contributed by atoms with E-state index in [1.54, 1.807) is 0 Å². The molecule has 0 atom stereocenters. The standard InChI is InChI=1S/C9H16N2O2/c10-6-2-1-3-7-11-8(12)4-5-9(11)13/h1-7,10H2. The van der Waals surface area contributed by atoms with Gasteiger partial charge in [0.05, 0.1) is 0 Å². The third-order valence-corrected chi connectivity index (χ3v) is 2.24. The number of amides is 2. The molecule has 0 aliphatic carbocycles. The summed E-state index contributed by atoms with van der Waals surface area (Å²) in [5, 5.41) is 0. The normalized spacial score (nSPS) is 17.2. The Bertz CT molecular complexity index is 188. The van der Waals surface area contributed by atoms with Crippen LogP contribution in [0.4, 0.5) is 0 Å². The Hall–Kier alpha value is -0.900. The van der Waals surface area contributed by atoms with E-state index in [9.17, 15) is 9.59 Å². The van der Waals surface area contributed by atoms with Gasteiger partial charge in [0.2, 0.25) is 11.8 Å². The lowest BCUT2D eigenvalue weighted by Crippen LogP contribution is -2.30. The average Bonchev–Trinajstić information content (AvgIpc) is 2.42. The Morgan fingerprint density at radius 3 is 2.23 bits per heavy atom. The highest BCUT2D eigenvalue weighted by molar-refractivity contribution is 6.01. The second-order valence-electron chi connectivity index (χ2n) is 3.29. The molecule has 0 aromatic carbocycles. The summed E-state index contributed by atoms with van der Waals surface area (Å²) in [5.74, 6) is -0.0319. The Balaban J connectivity index is 2.20. The van der Waals surface area contributed by atoms with E-state index in [0.717, 1.165) is 19.3 Å². The summed E-state index contributed by atoms with van der Waals surface area (Å²) < 4.78 is 0. The van der Waals surface area contributed by atoms with Gasteiger partial charge >= 0.3 is 0 Å². The van der Waals surface area contributed by atoms with E-state index in [2.05, 4.69) is 0 Å². The smallest absolute Gasteiger partial charge is 0.229 e. The van der Waals surface area contributed by atoms with Gasteiger partial charge in [-0.1, -0.05) is 6.42 Å². The van der Waals surface area contributed by atoms with E-state index < -0.39 is 0 Å². The summed E-state index contributed by atoms with van der Waals surface area (Å²) in [6.07, 6.45) is 3.64. The molecule has 0 radical (unpaired) electrons. The fourth-order valence-electron chi connectivity index (χ4n) is 1.46. The molecule has 1 aliphatic heterocycles. The maximum atomic E-state index is 11.1. The Morgan fingerprint density at radius 2 is 1.69 bits per heavy atom. The average molecular weight is 184 g/mol. The Labute approximate surface area is 78.1 Å². The van der Waals surface area contributed by atoms with Crippen molar-refractivity contribution in [3.05, 3.63) is 0 Å². The molecular formula is C9H16N2O2. The lowest BCUT2D eigenvalue weighted by Gasteiger charge is -2.12. The molecule has 2 amide bonds. The van der Waals surface area contributed by atoms with Crippen molar-refractivity contribution in [1.82, 2.24) is 4.90 Å². The van der Waals surface area contributed by atoms with E-state index in [0.29, 0.717) is 25.9 Å². The van der Waals surface area contributed by atoms with Crippen LogP contribution in [0.5, 0.6) is 0 Å². The first-order chi connectivity index (χ1) is 6.25. The predicted octanol–water partition coefficient (Wildman–Crippen LogP) is 0.264. The minimum atomic E-state index is -0.0160. The van der Waals surface area contributed by atoms with Gasteiger partial charge in [-0.25, -0.2) is 0 Å². The number of hydrogen-bond donors (Lipinski definition) is 1. The largest absolute Gasteiger partial charge is 0.330 e. The number of imide groups is 1. The predicted molar refractivity (Wildman–Crippen MR) is 48.9 cm³/mol. The first-order valence-electron chi connectivity index (χ1n) is 4.79. The number of carbonyl (C=O) groups excluding carboxylic acids is 2. The first kappa shape index (κ1) is 10.2. The van der Waals surface area contributed by atoms with Gasteiger partial charge < -0.3 is 5.73 Å². The second kappa shape index (κ2) is 4.97. The van der Waals surface area contributed by atoms with E-state index in [1.165, 1.54) is 4.90 Å². The van der Waals surface area contributed by atoms with E-state index in [4.69, 9.17) is 5.73 Å². The lowest BCUT2D eigenvalue weighted by atomic mass is 10.2. The van der Waals surface area contributed by atoms with Crippen LogP contribution < -0.4 is 5.73 Å². The number of nitrogens with zero attached hydrogens (tertiary/aromatic N) is 1. The molecule has 0 unspecified atom stereocenters. The number of rotatable bonds is 5. The van der Waals surface area contributed by atoms with Gasteiger partial charge in [0.1, 0.15) is 0 Å². The molecule has 0 aromatic rings. The fourth-order valence-corrected chi connectivity index (χ4v) is 1.46. The molecule has 0 saturated carbocycles. The summed E-state index contributed by atoms with van der Waals surface area (Å²) in [4.78, 5) is 23.6. The molecule has 0 aromatic heterocycles. The minimum absolute atomic E-state index is 0.0160. The van der Waals surface area contributed by atoms with Crippen LogP contribution in [0, 0.1) is 0 Å². The molecule has 4 heteroatoms. The Kier molecular flexibility index (Phi) is 3.89. The van der Waals surface area contributed by atoms with Crippen LogP contribution in [0.2, 0.25) is 0 Å². The third-order valence-electron chi connectivity index (χ3n) is 2.24. The van der Waals surface area contributed by atoms with Gasteiger partial charge in [0.15, 0.2) is 0 Å². The summed E-state index contributed by atoms with van der Waals surface area (Å²) >= 11 is 0. The molecule has 1 heterocycles. The third kappa shape index (κ3) is 2.81. The van der Waals surface area contributed by atoms with Gasteiger partial charge in [-0.3, -0.25) is 14.5 Å². The van der Waals surface area contributed by atoms with Crippen molar-refractivity contribution >= 4 is 11.8 Å². The molecule has 2 N–H and O–H groups in total. The van der Waals surface area contributed by atoms with Crippen LogP contribution in [0.1, 0.15) is 32.1 Å². The van der Waals surface area contributed by atoms with Crippen molar-refractivity contribution in [2.24, 2.45) is 5.73 Å². The van der Waals surface area contributed by atoms with Crippen LogP contribution in [0.3, 0.4) is 0 Å². The molecule has 0 bridgehead atoms. The second-order valence-corrected chi connectivity index (χ2v) is 3.29. The van der Waals surface area contributed by atoms with E-state index in [-0.39, 0.29) is 11.8 Å². The van der Waals surface area contributed by atoms with Gasteiger partial charge in [0.25, 0.3) is 0 Å². The molecule has 1 saturated heterocycles.